The van der Waals surface area contributed by atoms with Gasteiger partial charge in [0.25, 0.3) is 0 Å². The fourth-order valence-corrected chi connectivity index (χ4v) is 4.02. The molecule has 2 N–H and O–H groups in total. The minimum atomic E-state index is -1.03. The van der Waals surface area contributed by atoms with Crippen LogP contribution in [0.15, 0.2) is 54.6 Å². The lowest BCUT2D eigenvalue weighted by Crippen LogP contribution is -2.63. The summed E-state index contributed by atoms with van der Waals surface area (Å²) in [5.74, 6) is -0.944. The summed E-state index contributed by atoms with van der Waals surface area (Å²) in [6, 6.07) is 13.6. The molecule has 0 aromatic heterocycles. The number of nitrogens with zero attached hydrogens (tertiary/aromatic N) is 2. The lowest BCUT2D eigenvalue weighted by atomic mass is 10.0. The van der Waals surface area contributed by atoms with E-state index in [2.05, 4.69) is 10.6 Å². The molecule has 1 aliphatic heterocycles. The Hall–Kier alpha value is -4.12. The van der Waals surface area contributed by atoms with Gasteiger partial charge in [-0.3, -0.25) is 9.59 Å². The lowest BCUT2D eigenvalue weighted by Gasteiger charge is -2.40. The third kappa shape index (κ3) is 7.43. The van der Waals surface area contributed by atoms with Gasteiger partial charge < -0.3 is 34.6 Å². The van der Waals surface area contributed by atoms with Crippen molar-refractivity contribution in [1.29, 1.82) is 0 Å². The largest absolute Gasteiger partial charge is 0.497 e. The van der Waals surface area contributed by atoms with Gasteiger partial charge in [-0.05, 0) is 29.8 Å². The van der Waals surface area contributed by atoms with Gasteiger partial charge >= 0.3 is 12.0 Å². The number of nitrogens with one attached hydrogen (secondary N) is 2. The zero-order valence-electron chi connectivity index (χ0n) is 21.1. The van der Waals surface area contributed by atoms with Crippen molar-refractivity contribution in [1.82, 2.24) is 15.1 Å². The second-order valence-corrected chi connectivity index (χ2v) is 8.41. The highest BCUT2D eigenvalue weighted by Crippen LogP contribution is 2.16. The Morgan fingerprint density at radius 2 is 1.68 bits per heavy atom. The molecule has 0 unspecified atom stereocenters. The number of urea groups is 1. The Balaban J connectivity index is 1.76. The van der Waals surface area contributed by atoms with Gasteiger partial charge in [0, 0.05) is 32.3 Å². The van der Waals surface area contributed by atoms with E-state index in [1.54, 1.807) is 55.6 Å². The summed E-state index contributed by atoms with van der Waals surface area (Å²) in [6.45, 7) is 0.0801. The van der Waals surface area contributed by atoms with Crippen LogP contribution in [0.5, 0.6) is 5.75 Å². The molecule has 2 atom stereocenters. The number of benzene rings is 2. The van der Waals surface area contributed by atoms with E-state index in [1.165, 1.54) is 24.0 Å². The second-order valence-electron chi connectivity index (χ2n) is 8.41. The Bertz CT molecular complexity index is 1080. The summed E-state index contributed by atoms with van der Waals surface area (Å²) < 4.78 is 15.0. The van der Waals surface area contributed by atoms with Gasteiger partial charge in [0.15, 0.2) is 0 Å². The normalized spacial score (nSPS) is 15.9. The first-order chi connectivity index (χ1) is 17.9. The SMILES string of the molecule is COCC(=O)N1CCN(C(=O)Nc2ccccc2)C[C@@H]1C(=O)N[C@@H](Cc1ccc(OC)cc1)C(=O)OC. The van der Waals surface area contributed by atoms with E-state index in [-0.39, 0.29) is 32.7 Å². The van der Waals surface area contributed by atoms with E-state index in [9.17, 15) is 19.2 Å². The molecular weight excluding hydrogens is 480 g/mol. The van der Waals surface area contributed by atoms with Gasteiger partial charge in [-0.25, -0.2) is 9.59 Å². The predicted molar refractivity (Wildman–Crippen MR) is 135 cm³/mol. The van der Waals surface area contributed by atoms with Crippen LogP contribution in [-0.4, -0.2) is 93.3 Å². The molecule has 2 aromatic carbocycles. The van der Waals surface area contributed by atoms with Crippen LogP contribution in [0.4, 0.5) is 10.5 Å². The van der Waals surface area contributed by atoms with E-state index >= 15 is 0 Å². The van der Waals surface area contributed by atoms with Crippen molar-refractivity contribution in [2.75, 3.05) is 52.9 Å². The molecule has 2 aromatic rings. The summed E-state index contributed by atoms with van der Waals surface area (Å²) in [7, 11) is 4.18. The van der Waals surface area contributed by atoms with Gasteiger partial charge in [0.2, 0.25) is 11.8 Å². The number of ether oxygens (including phenoxy) is 3. The second kappa shape index (κ2) is 13.3. The van der Waals surface area contributed by atoms with Gasteiger partial charge in [0.1, 0.15) is 24.4 Å². The van der Waals surface area contributed by atoms with Crippen LogP contribution in [0.1, 0.15) is 5.56 Å². The monoisotopic (exact) mass is 512 g/mol. The zero-order chi connectivity index (χ0) is 26.8. The Labute approximate surface area is 215 Å². The van der Waals surface area contributed by atoms with Crippen molar-refractivity contribution < 1.29 is 33.4 Å². The van der Waals surface area contributed by atoms with Gasteiger partial charge in [-0.15, -0.1) is 0 Å². The van der Waals surface area contributed by atoms with E-state index < -0.39 is 35.9 Å². The number of esters is 1. The number of para-hydroxylation sites is 1. The molecule has 0 bridgehead atoms. The summed E-state index contributed by atoms with van der Waals surface area (Å²) in [5.41, 5.74) is 1.38. The van der Waals surface area contributed by atoms with E-state index in [0.29, 0.717) is 11.4 Å². The highest BCUT2D eigenvalue weighted by molar-refractivity contribution is 5.94. The maximum atomic E-state index is 13.4. The average molecular weight is 513 g/mol. The topological polar surface area (TPSA) is 127 Å². The maximum absolute atomic E-state index is 13.4. The van der Waals surface area contributed by atoms with Crippen LogP contribution < -0.4 is 15.4 Å². The van der Waals surface area contributed by atoms with E-state index in [4.69, 9.17) is 14.2 Å². The predicted octanol–water partition coefficient (Wildman–Crippen LogP) is 1.29. The summed E-state index contributed by atoms with van der Waals surface area (Å²) in [6.07, 6.45) is 0.166. The average Bonchev–Trinajstić information content (AvgIpc) is 2.92. The minimum Gasteiger partial charge on any atom is -0.497 e. The number of piperazine rings is 1. The summed E-state index contributed by atoms with van der Waals surface area (Å²) in [5, 5.41) is 5.51. The summed E-state index contributed by atoms with van der Waals surface area (Å²) in [4.78, 5) is 54.4. The first-order valence-electron chi connectivity index (χ1n) is 11.8. The smallest absolute Gasteiger partial charge is 0.328 e. The lowest BCUT2D eigenvalue weighted by molar-refractivity contribution is -0.149. The molecule has 11 heteroatoms. The Morgan fingerprint density at radius 3 is 2.30 bits per heavy atom. The number of carbonyl (C=O) groups is 4. The molecule has 1 fully saturated rings. The number of hydrogen-bond acceptors (Lipinski definition) is 7. The van der Waals surface area contributed by atoms with Crippen LogP contribution in [0.3, 0.4) is 0 Å². The molecule has 198 valence electrons. The molecule has 0 saturated carbocycles. The van der Waals surface area contributed by atoms with Crippen molar-refractivity contribution in [3.8, 4) is 5.75 Å². The first-order valence-corrected chi connectivity index (χ1v) is 11.8. The van der Waals surface area contributed by atoms with Crippen molar-refractivity contribution in [3.63, 3.8) is 0 Å². The van der Waals surface area contributed by atoms with Crippen molar-refractivity contribution in [2.24, 2.45) is 0 Å². The van der Waals surface area contributed by atoms with Crippen molar-refractivity contribution >= 4 is 29.5 Å². The van der Waals surface area contributed by atoms with Crippen LogP contribution in [-0.2, 0) is 30.3 Å². The molecular formula is C26H32N4O7. The number of anilines is 1. The van der Waals surface area contributed by atoms with E-state index in [0.717, 1.165) is 5.56 Å². The number of rotatable bonds is 9. The third-order valence-corrected chi connectivity index (χ3v) is 5.98. The van der Waals surface area contributed by atoms with E-state index in [1.807, 2.05) is 6.07 Å². The van der Waals surface area contributed by atoms with Crippen LogP contribution in [0, 0.1) is 0 Å². The number of carbonyl (C=O) groups excluding carboxylic acids is 4. The van der Waals surface area contributed by atoms with Crippen molar-refractivity contribution in [2.45, 2.75) is 18.5 Å². The fraction of sp³-hybridized carbons (Fsp3) is 0.385. The number of amides is 4. The van der Waals surface area contributed by atoms with Gasteiger partial charge in [-0.1, -0.05) is 30.3 Å². The zero-order valence-corrected chi connectivity index (χ0v) is 21.1. The molecule has 4 amide bonds. The van der Waals surface area contributed by atoms with Gasteiger partial charge in [-0.2, -0.15) is 0 Å². The molecule has 0 radical (unpaired) electrons. The fourth-order valence-electron chi connectivity index (χ4n) is 4.02. The minimum absolute atomic E-state index is 0.0591. The quantitative estimate of drug-likeness (QED) is 0.485. The maximum Gasteiger partial charge on any atom is 0.328 e. The summed E-state index contributed by atoms with van der Waals surface area (Å²) >= 11 is 0. The molecule has 1 saturated heterocycles. The third-order valence-electron chi connectivity index (χ3n) is 5.98. The Morgan fingerprint density at radius 1 is 0.973 bits per heavy atom. The van der Waals surface area contributed by atoms with Gasteiger partial charge in [0.05, 0.1) is 20.8 Å². The number of methoxy groups -OCH3 is 3. The van der Waals surface area contributed by atoms with Crippen LogP contribution >= 0.6 is 0 Å². The van der Waals surface area contributed by atoms with Crippen LogP contribution in [0.2, 0.25) is 0 Å². The standard InChI is InChI=1S/C26H32N4O7/c1-35-17-23(31)30-14-13-29(26(34)27-19-7-5-4-6-8-19)16-22(30)24(32)28-21(25(33)37-3)15-18-9-11-20(36-2)12-10-18/h4-12,21-22H,13-17H2,1-3H3,(H,27,34)(H,28,32)/t21-,22+/m0/s1. The molecule has 11 nitrogen and oxygen atoms in total. The molecule has 37 heavy (non-hydrogen) atoms. The highest BCUT2D eigenvalue weighted by Gasteiger charge is 2.38. The van der Waals surface area contributed by atoms with Crippen molar-refractivity contribution in [3.05, 3.63) is 60.2 Å². The first kappa shape index (κ1) is 27.5. The molecule has 0 aliphatic carbocycles. The molecule has 0 spiro atoms. The molecule has 3 rings (SSSR count). The molecule has 1 aliphatic rings. The highest BCUT2D eigenvalue weighted by atomic mass is 16.5. The Kier molecular flexibility index (Phi) is 9.84. The van der Waals surface area contributed by atoms with Crippen LogP contribution in [0.25, 0.3) is 0 Å². The molecule has 1 heterocycles. The number of hydrogen-bond donors (Lipinski definition) is 2.